The van der Waals surface area contributed by atoms with E-state index in [4.69, 9.17) is 4.42 Å². The van der Waals surface area contributed by atoms with Crippen LogP contribution in [0.2, 0.25) is 0 Å². The molecule has 1 atom stereocenters. The van der Waals surface area contributed by atoms with Crippen molar-refractivity contribution in [2.75, 3.05) is 7.05 Å². The first-order chi connectivity index (χ1) is 7.70. The lowest BCUT2D eigenvalue weighted by Crippen LogP contribution is -2.12. The van der Waals surface area contributed by atoms with Crippen LogP contribution < -0.4 is 5.32 Å². The van der Waals surface area contributed by atoms with Crippen LogP contribution in [0, 0.1) is 5.82 Å². The molecule has 0 aliphatic heterocycles. The van der Waals surface area contributed by atoms with Crippen molar-refractivity contribution in [3.05, 3.63) is 42.2 Å². The van der Waals surface area contributed by atoms with Gasteiger partial charge >= 0.3 is 0 Å². The second-order valence-electron chi connectivity index (χ2n) is 3.58. The van der Waals surface area contributed by atoms with Gasteiger partial charge in [0.1, 0.15) is 5.82 Å². The Labute approximate surface area is 93.3 Å². The monoisotopic (exact) mass is 220 g/mol. The van der Waals surface area contributed by atoms with Crippen LogP contribution in [0.4, 0.5) is 4.39 Å². The Morgan fingerprint density at radius 3 is 2.94 bits per heavy atom. The summed E-state index contributed by atoms with van der Waals surface area (Å²) in [5.41, 5.74) is 0.696. The molecule has 0 amide bonds. The van der Waals surface area contributed by atoms with Gasteiger partial charge in [-0.1, -0.05) is 12.1 Å². The van der Waals surface area contributed by atoms with Crippen molar-refractivity contribution >= 4 is 0 Å². The van der Waals surface area contributed by atoms with Gasteiger partial charge in [0, 0.05) is 5.56 Å². The molecule has 0 spiro atoms. The van der Waals surface area contributed by atoms with Crippen molar-refractivity contribution in [1.29, 1.82) is 0 Å². The molecule has 0 saturated heterocycles. The van der Waals surface area contributed by atoms with Crippen molar-refractivity contribution in [3.8, 4) is 11.3 Å². The third-order valence-electron chi connectivity index (χ3n) is 2.44. The Balaban J connectivity index is 2.31. The summed E-state index contributed by atoms with van der Waals surface area (Å²) in [7, 11) is 1.83. The number of oxazole rings is 1. The molecule has 2 rings (SSSR count). The zero-order chi connectivity index (χ0) is 11.5. The average Bonchev–Trinajstić information content (AvgIpc) is 2.77. The maximum Gasteiger partial charge on any atom is 0.211 e. The zero-order valence-electron chi connectivity index (χ0n) is 9.20. The normalized spacial score (nSPS) is 12.7. The summed E-state index contributed by atoms with van der Waals surface area (Å²) in [5, 5.41) is 3.03. The summed E-state index contributed by atoms with van der Waals surface area (Å²) in [4.78, 5) is 4.14. The van der Waals surface area contributed by atoms with E-state index in [-0.39, 0.29) is 11.9 Å². The smallest absolute Gasteiger partial charge is 0.211 e. The SMILES string of the molecule is CNC(C)c1ncc(-c2cccc(F)c2)o1. The second kappa shape index (κ2) is 4.45. The maximum absolute atomic E-state index is 13.0. The number of nitrogens with one attached hydrogen (secondary N) is 1. The van der Waals surface area contributed by atoms with Crippen molar-refractivity contribution in [1.82, 2.24) is 10.3 Å². The third kappa shape index (κ3) is 2.12. The van der Waals surface area contributed by atoms with Gasteiger partial charge in [0.05, 0.1) is 12.2 Å². The van der Waals surface area contributed by atoms with Gasteiger partial charge in [0.25, 0.3) is 0 Å². The topological polar surface area (TPSA) is 38.1 Å². The molecule has 1 heterocycles. The number of rotatable bonds is 3. The highest BCUT2D eigenvalue weighted by molar-refractivity contribution is 5.56. The predicted molar refractivity (Wildman–Crippen MR) is 59.4 cm³/mol. The Kier molecular flexibility index (Phi) is 3.01. The van der Waals surface area contributed by atoms with Crippen molar-refractivity contribution in [2.24, 2.45) is 0 Å². The third-order valence-corrected chi connectivity index (χ3v) is 2.44. The highest BCUT2D eigenvalue weighted by atomic mass is 19.1. The minimum atomic E-state index is -0.280. The molecule has 0 aliphatic rings. The zero-order valence-corrected chi connectivity index (χ0v) is 9.20. The van der Waals surface area contributed by atoms with E-state index in [0.717, 1.165) is 0 Å². The van der Waals surface area contributed by atoms with Crippen molar-refractivity contribution < 1.29 is 8.81 Å². The molecule has 0 fully saturated rings. The predicted octanol–water partition coefficient (Wildman–Crippen LogP) is 2.76. The van der Waals surface area contributed by atoms with Crippen LogP contribution in [0.5, 0.6) is 0 Å². The summed E-state index contributed by atoms with van der Waals surface area (Å²) in [6.07, 6.45) is 1.61. The van der Waals surface area contributed by atoms with Crippen LogP contribution in [0.1, 0.15) is 18.9 Å². The van der Waals surface area contributed by atoms with Gasteiger partial charge in [-0.15, -0.1) is 0 Å². The molecule has 0 radical (unpaired) electrons. The maximum atomic E-state index is 13.0. The molecule has 0 aliphatic carbocycles. The van der Waals surface area contributed by atoms with Crippen LogP contribution in [0.3, 0.4) is 0 Å². The first-order valence-electron chi connectivity index (χ1n) is 5.09. The summed E-state index contributed by atoms with van der Waals surface area (Å²) in [6.45, 7) is 1.95. The summed E-state index contributed by atoms with van der Waals surface area (Å²) >= 11 is 0. The Hall–Kier alpha value is -1.68. The van der Waals surface area contributed by atoms with Crippen molar-refractivity contribution in [2.45, 2.75) is 13.0 Å². The van der Waals surface area contributed by atoms with E-state index in [0.29, 0.717) is 17.2 Å². The molecule has 4 heteroatoms. The van der Waals surface area contributed by atoms with Gasteiger partial charge < -0.3 is 9.73 Å². The summed E-state index contributed by atoms with van der Waals surface area (Å²) < 4.78 is 18.5. The summed E-state index contributed by atoms with van der Waals surface area (Å²) in [6, 6.07) is 6.30. The lowest BCUT2D eigenvalue weighted by atomic mass is 10.2. The Morgan fingerprint density at radius 2 is 2.25 bits per heavy atom. The van der Waals surface area contributed by atoms with Crippen LogP contribution >= 0.6 is 0 Å². The molecule has 0 bridgehead atoms. The number of benzene rings is 1. The molecule has 1 N–H and O–H groups in total. The molecule has 1 aromatic carbocycles. The van der Waals surface area contributed by atoms with E-state index >= 15 is 0 Å². The van der Waals surface area contributed by atoms with Gasteiger partial charge in [-0.2, -0.15) is 0 Å². The lowest BCUT2D eigenvalue weighted by Gasteiger charge is -2.03. The Morgan fingerprint density at radius 1 is 1.44 bits per heavy atom. The van der Waals surface area contributed by atoms with E-state index in [1.807, 2.05) is 14.0 Å². The fourth-order valence-corrected chi connectivity index (χ4v) is 1.39. The largest absolute Gasteiger partial charge is 0.439 e. The van der Waals surface area contributed by atoms with E-state index in [1.54, 1.807) is 18.3 Å². The fraction of sp³-hybridized carbons (Fsp3) is 0.250. The van der Waals surface area contributed by atoms with Gasteiger partial charge in [0.15, 0.2) is 5.76 Å². The van der Waals surface area contributed by atoms with Crippen LogP contribution in [0.25, 0.3) is 11.3 Å². The number of hydrogen-bond donors (Lipinski definition) is 1. The minimum Gasteiger partial charge on any atom is -0.439 e. The number of aromatic nitrogens is 1. The quantitative estimate of drug-likeness (QED) is 0.864. The summed E-state index contributed by atoms with van der Waals surface area (Å²) in [5.74, 6) is 0.899. The molecule has 0 saturated carbocycles. The molecule has 1 aromatic heterocycles. The molecule has 84 valence electrons. The lowest BCUT2D eigenvalue weighted by molar-refractivity contribution is 0.441. The molecular weight excluding hydrogens is 207 g/mol. The van der Waals surface area contributed by atoms with Crippen molar-refractivity contribution in [3.63, 3.8) is 0 Å². The van der Waals surface area contributed by atoms with Crippen LogP contribution in [0.15, 0.2) is 34.9 Å². The number of halogens is 1. The second-order valence-corrected chi connectivity index (χ2v) is 3.58. The van der Waals surface area contributed by atoms with E-state index in [2.05, 4.69) is 10.3 Å². The standard InChI is InChI=1S/C12H13FN2O/c1-8(14-2)12-15-7-11(16-12)9-4-3-5-10(13)6-9/h3-8,14H,1-2H3. The minimum absolute atomic E-state index is 0.0438. The molecule has 1 unspecified atom stereocenters. The van der Waals surface area contributed by atoms with Gasteiger partial charge in [-0.3, -0.25) is 0 Å². The molecule has 3 nitrogen and oxygen atoms in total. The van der Waals surface area contributed by atoms with Crippen LogP contribution in [-0.4, -0.2) is 12.0 Å². The van der Waals surface area contributed by atoms with E-state index < -0.39 is 0 Å². The Bertz CT molecular complexity index is 481. The number of hydrogen-bond acceptors (Lipinski definition) is 3. The average molecular weight is 220 g/mol. The highest BCUT2D eigenvalue weighted by Gasteiger charge is 2.11. The number of nitrogens with zero attached hydrogens (tertiary/aromatic N) is 1. The molecule has 16 heavy (non-hydrogen) atoms. The van der Waals surface area contributed by atoms with E-state index in [9.17, 15) is 4.39 Å². The first kappa shape index (κ1) is 10.8. The van der Waals surface area contributed by atoms with Gasteiger partial charge in [-0.05, 0) is 26.1 Å². The van der Waals surface area contributed by atoms with Gasteiger partial charge in [0.2, 0.25) is 5.89 Å². The fourth-order valence-electron chi connectivity index (χ4n) is 1.39. The molecule has 2 aromatic rings. The highest BCUT2D eigenvalue weighted by Crippen LogP contribution is 2.23. The van der Waals surface area contributed by atoms with Gasteiger partial charge in [-0.25, -0.2) is 9.37 Å². The molecular formula is C12H13FN2O. The van der Waals surface area contributed by atoms with E-state index in [1.165, 1.54) is 12.1 Å². The first-order valence-corrected chi connectivity index (χ1v) is 5.09. The van der Waals surface area contributed by atoms with Crippen LogP contribution in [-0.2, 0) is 0 Å².